The van der Waals surface area contributed by atoms with Gasteiger partial charge in [0.2, 0.25) is 0 Å². The SMILES string of the molecule is CC(C)Cc1cc(-c2[c-]cncc2)ncc1[Si](C)(C)C.CC(C)c1cccc(C(C)C)c1-n1c(-c2[c-]cc3sc4ccccc4c3c2)nc2ccccc21.[Ir]. The van der Waals surface area contributed by atoms with Crippen LogP contribution in [-0.2, 0) is 26.5 Å². The molecule has 0 bridgehead atoms. The summed E-state index contributed by atoms with van der Waals surface area (Å²) >= 11 is 1.83. The molecule has 0 saturated carbocycles. The summed E-state index contributed by atoms with van der Waals surface area (Å²) in [7, 11) is -1.35. The molecule has 8 rings (SSSR count). The molecule has 4 aromatic carbocycles. The Bertz CT molecular complexity index is 2540. The number of hydrogen-bond donors (Lipinski definition) is 0. The third-order valence-electron chi connectivity index (χ3n) is 10.0. The first-order valence-electron chi connectivity index (χ1n) is 19.2. The number of pyridine rings is 2. The second-order valence-electron chi connectivity index (χ2n) is 16.3. The van der Waals surface area contributed by atoms with Gasteiger partial charge in [-0.05, 0) is 86.9 Å². The average molecular weight is 935 g/mol. The van der Waals surface area contributed by atoms with Crippen molar-refractivity contribution < 1.29 is 20.1 Å². The Kier molecular flexibility index (Phi) is 12.4. The van der Waals surface area contributed by atoms with Gasteiger partial charge in [-0.25, -0.2) is 0 Å². The van der Waals surface area contributed by atoms with E-state index in [-0.39, 0.29) is 20.1 Å². The van der Waals surface area contributed by atoms with Gasteiger partial charge in [0.1, 0.15) is 0 Å². The van der Waals surface area contributed by atoms with E-state index in [1.165, 1.54) is 47.7 Å². The minimum Gasteiger partial charge on any atom is -0.333 e. The molecule has 0 amide bonds. The molecule has 4 aromatic heterocycles. The zero-order chi connectivity index (χ0) is 38.1. The topological polar surface area (TPSA) is 43.6 Å². The Hall–Kier alpha value is -4.26. The molecule has 0 fully saturated rings. The van der Waals surface area contributed by atoms with Crippen molar-refractivity contribution in [2.45, 2.75) is 79.4 Å². The number of hydrogen-bond acceptors (Lipinski definition) is 4. The summed E-state index contributed by atoms with van der Waals surface area (Å²) in [5.41, 5.74) is 10.6. The van der Waals surface area contributed by atoms with E-state index in [9.17, 15) is 0 Å². The van der Waals surface area contributed by atoms with Gasteiger partial charge in [-0.1, -0.05) is 127 Å². The molecule has 4 heterocycles. The zero-order valence-electron chi connectivity index (χ0n) is 33.4. The van der Waals surface area contributed by atoms with Crippen molar-refractivity contribution in [3.8, 4) is 28.3 Å². The van der Waals surface area contributed by atoms with Gasteiger partial charge in [-0.3, -0.25) is 9.97 Å². The zero-order valence-corrected chi connectivity index (χ0v) is 37.6. The molecule has 0 aliphatic heterocycles. The van der Waals surface area contributed by atoms with E-state index in [0.717, 1.165) is 40.1 Å². The fourth-order valence-corrected chi connectivity index (χ4v) is 10.1. The third kappa shape index (κ3) is 8.46. The standard InChI is InChI=1S/C31H27N2S.C17H23N2Si.Ir/c1-19(2)22-11-9-12-23(20(3)4)30(22)33-27-14-7-6-13-26(27)32-31(33)21-16-17-29-25(18-21)24-10-5-8-15-28(24)34-29;1-13(2)10-15-11-16(14-6-8-18-9-7-14)19-12-17(15)20(3,4)5;/h5-15,17-20H,1-4H3;6,8-9,11-13H,10H2,1-5H3;/q2*-1;. The number of imidazole rings is 1. The molecule has 4 nitrogen and oxygen atoms in total. The maximum atomic E-state index is 5.17. The fourth-order valence-electron chi connectivity index (χ4n) is 7.41. The Morgan fingerprint density at radius 1 is 0.745 bits per heavy atom. The summed E-state index contributed by atoms with van der Waals surface area (Å²) in [6.07, 6.45) is 6.70. The molecule has 0 spiro atoms. The van der Waals surface area contributed by atoms with E-state index >= 15 is 0 Å². The van der Waals surface area contributed by atoms with Crippen LogP contribution in [0.1, 0.15) is 70.1 Å². The largest absolute Gasteiger partial charge is 0.333 e. The maximum absolute atomic E-state index is 5.17. The number of thiophene rings is 1. The summed E-state index contributed by atoms with van der Waals surface area (Å²) in [6, 6.07) is 39.2. The van der Waals surface area contributed by atoms with Crippen LogP contribution in [0.2, 0.25) is 19.6 Å². The molecule has 55 heavy (non-hydrogen) atoms. The first kappa shape index (κ1) is 40.4. The van der Waals surface area contributed by atoms with Gasteiger partial charge >= 0.3 is 0 Å². The van der Waals surface area contributed by atoms with Crippen LogP contribution in [0.3, 0.4) is 0 Å². The molecular formula is C48H50IrN4SSi-2. The van der Waals surface area contributed by atoms with Crippen LogP contribution >= 0.6 is 11.3 Å². The van der Waals surface area contributed by atoms with Crippen LogP contribution in [0, 0.1) is 18.1 Å². The molecule has 283 valence electrons. The Balaban J connectivity index is 0.000000211. The second kappa shape index (κ2) is 16.8. The van der Waals surface area contributed by atoms with Gasteiger partial charge < -0.3 is 9.55 Å². The van der Waals surface area contributed by atoms with E-state index in [1.807, 2.05) is 17.4 Å². The van der Waals surface area contributed by atoms with Crippen molar-refractivity contribution in [3.63, 3.8) is 0 Å². The molecule has 0 saturated heterocycles. The molecule has 8 aromatic rings. The van der Waals surface area contributed by atoms with Crippen molar-refractivity contribution in [3.05, 3.63) is 138 Å². The third-order valence-corrected chi connectivity index (χ3v) is 13.2. The van der Waals surface area contributed by atoms with Gasteiger partial charge in [0.25, 0.3) is 0 Å². The molecule has 7 heteroatoms. The molecule has 0 unspecified atom stereocenters. The van der Waals surface area contributed by atoms with Crippen LogP contribution in [-0.4, -0.2) is 27.6 Å². The van der Waals surface area contributed by atoms with E-state index in [4.69, 9.17) is 4.98 Å². The Morgan fingerprint density at radius 2 is 1.45 bits per heavy atom. The molecule has 0 aliphatic rings. The quantitative estimate of drug-likeness (QED) is 0.113. The van der Waals surface area contributed by atoms with Gasteiger partial charge in [0.15, 0.2) is 0 Å². The maximum Gasteiger partial charge on any atom is 0.0798 e. The Labute approximate surface area is 345 Å². The number of aromatic nitrogens is 4. The number of rotatable bonds is 8. The van der Waals surface area contributed by atoms with Crippen molar-refractivity contribution in [1.82, 2.24) is 19.5 Å². The summed E-state index contributed by atoms with van der Waals surface area (Å²) in [4.78, 5) is 13.8. The van der Waals surface area contributed by atoms with Crippen LogP contribution in [0.4, 0.5) is 0 Å². The van der Waals surface area contributed by atoms with Crippen LogP contribution in [0.25, 0.3) is 59.5 Å². The summed E-state index contributed by atoms with van der Waals surface area (Å²) in [5.74, 6) is 2.40. The molecule has 0 N–H and O–H groups in total. The minimum atomic E-state index is -1.35. The van der Waals surface area contributed by atoms with Crippen LogP contribution in [0.15, 0.2) is 110 Å². The monoisotopic (exact) mass is 935 g/mol. The first-order valence-corrected chi connectivity index (χ1v) is 23.5. The smallest absolute Gasteiger partial charge is 0.0798 e. The fraction of sp³-hybridized carbons (Fsp3) is 0.271. The van der Waals surface area contributed by atoms with Crippen LogP contribution in [0.5, 0.6) is 0 Å². The van der Waals surface area contributed by atoms with Crippen molar-refractivity contribution >= 4 is 55.8 Å². The minimum absolute atomic E-state index is 0. The summed E-state index contributed by atoms with van der Waals surface area (Å²) in [5, 5.41) is 4.05. The number of benzene rings is 4. The predicted octanol–water partition coefficient (Wildman–Crippen LogP) is 12.8. The van der Waals surface area contributed by atoms with Crippen molar-refractivity contribution in [2.24, 2.45) is 5.92 Å². The predicted molar refractivity (Wildman–Crippen MR) is 234 cm³/mol. The first-order chi connectivity index (χ1) is 25.9. The van der Waals surface area contributed by atoms with Crippen LogP contribution < -0.4 is 5.19 Å². The Morgan fingerprint density at radius 3 is 2.13 bits per heavy atom. The van der Waals surface area contributed by atoms with Gasteiger partial charge in [0, 0.05) is 36.7 Å². The molecule has 0 aliphatic carbocycles. The summed E-state index contributed by atoms with van der Waals surface area (Å²) in [6.45, 7) is 20.8. The number of nitrogens with zero attached hydrogens (tertiary/aromatic N) is 4. The summed E-state index contributed by atoms with van der Waals surface area (Å²) < 4.78 is 4.95. The van der Waals surface area contributed by atoms with E-state index in [1.54, 1.807) is 12.4 Å². The number of para-hydroxylation sites is 3. The molecule has 0 atom stereocenters. The van der Waals surface area contributed by atoms with Gasteiger partial charge in [-0.2, -0.15) is 23.0 Å². The van der Waals surface area contributed by atoms with E-state index in [0.29, 0.717) is 17.8 Å². The van der Waals surface area contributed by atoms with E-state index < -0.39 is 8.07 Å². The van der Waals surface area contributed by atoms with E-state index in [2.05, 4.69) is 179 Å². The molecular weight excluding hydrogens is 885 g/mol. The van der Waals surface area contributed by atoms with Gasteiger partial charge in [-0.15, -0.1) is 29.8 Å². The number of fused-ring (bicyclic) bond motifs is 4. The second-order valence-corrected chi connectivity index (χ2v) is 22.4. The molecule has 1 radical (unpaired) electrons. The normalized spacial score (nSPS) is 11.8. The van der Waals surface area contributed by atoms with Crippen molar-refractivity contribution in [1.29, 1.82) is 0 Å². The van der Waals surface area contributed by atoms with Crippen molar-refractivity contribution in [2.75, 3.05) is 0 Å². The van der Waals surface area contributed by atoms with Gasteiger partial charge in [0.05, 0.1) is 24.9 Å². The average Bonchev–Trinajstić information content (AvgIpc) is 3.72.